The van der Waals surface area contributed by atoms with Crippen molar-refractivity contribution in [2.45, 2.75) is 0 Å². The van der Waals surface area contributed by atoms with Gasteiger partial charge in [0.2, 0.25) is 0 Å². The topological polar surface area (TPSA) is 0 Å². The monoisotopic (exact) mass is 438 g/mol. The molecule has 0 bridgehead atoms. The van der Waals surface area contributed by atoms with Crippen LogP contribution in [0.1, 0.15) is 0 Å². The first kappa shape index (κ1) is 10.5. The van der Waals surface area contributed by atoms with Crippen LogP contribution in [0, 0.1) is 0 Å². The van der Waals surface area contributed by atoms with E-state index in [9.17, 15) is 0 Å². The first-order chi connectivity index (χ1) is 1.73. The van der Waals surface area contributed by atoms with Crippen molar-refractivity contribution in [3.05, 3.63) is 0 Å². The molecular formula is H3BiCl3Sb. The summed E-state index contributed by atoms with van der Waals surface area (Å²) in [5, 5.41) is 0. The molecule has 0 heterocycles. The first-order valence-corrected chi connectivity index (χ1v) is 10.2. The fourth-order valence-electron chi connectivity index (χ4n) is 0. The molecule has 34 valence electrons. The van der Waals surface area contributed by atoms with Gasteiger partial charge >= 0.3 is 69.5 Å². The molecule has 0 saturated carbocycles. The van der Waals surface area contributed by atoms with Gasteiger partial charge in [-0.2, -0.15) is 0 Å². The van der Waals surface area contributed by atoms with Crippen molar-refractivity contribution in [2.75, 3.05) is 0 Å². The van der Waals surface area contributed by atoms with Crippen molar-refractivity contribution in [2.24, 2.45) is 0 Å². The van der Waals surface area contributed by atoms with Gasteiger partial charge in [0.05, 0.1) is 0 Å². The summed E-state index contributed by atoms with van der Waals surface area (Å²) in [6, 6.07) is 0. The van der Waals surface area contributed by atoms with Crippen LogP contribution in [-0.4, -0.2) is 43.0 Å². The predicted molar refractivity (Wildman–Crippen MR) is 33.3 cm³/mol. The standard InChI is InChI=1S/Bi.3ClH.Sb.3H/h;3*1H;;;;/q;;;;+3;;;/p-3. The summed E-state index contributed by atoms with van der Waals surface area (Å²) in [5.74, 6) is 0. The molecule has 0 saturated heterocycles. The average Bonchev–Trinajstić information content (AvgIpc) is 0.811. The second-order valence-electron chi connectivity index (χ2n) is 0.192. The van der Waals surface area contributed by atoms with Gasteiger partial charge in [0, 0.05) is 0 Å². The summed E-state index contributed by atoms with van der Waals surface area (Å²) >= 11 is -2.03. The summed E-state index contributed by atoms with van der Waals surface area (Å²) in [7, 11) is 15.0. The van der Waals surface area contributed by atoms with Crippen molar-refractivity contribution >= 4 is 69.5 Å². The Hall–Kier alpha value is 2.57. The second kappa shape index (κ2) is 6.57. The van der Waals surface area contributed by atoms with Gasteiger partial charge in [-0.05, 0) is 0 Å². The van der Waals surface area contributed by atoms with Crippen LogP contribution in [-0.2, 0) is 0 Å². The average molecular weight is 440 g/mol. The third-order valence-corrected chi connectivity index (χ3v) is 0. The zero-order valence-electron chi connectivity index (χ0n) is 2.29. The van der Waals surface area contributed by atoms with E-state index in [1.165, 1.54) is 0 Å². The van der Waals surface area contributed by atoms with Crippen LogP contribution < -0.4 is 0 Å². The molecule has 0 radical (unpaired) electrons. The van der Waals surface area contributed by atoms with Gasteiger partial charge in [-0.1, -0.05) is 0 Å². The van der Waals surface area contributed by atoms with E-state index in [1.54, 1.807) is 0 Å². The number of hydrogen-bond donors (Lipinski definition) is 0. The quantitative estimate of drug-likeness (QED) is 0.482. The molecule has 0 aliphatic heterocycles. The zero-order chi connectivity index (χ0) is 3.58. The molecule has 0 rings (SSSR count). The van der Waals surface area contributed by atoms with Crippen LogP contribution in [0.25, 0.3) is 0 Å². The first-order valence-electron chi connectivity index (χ1n) is 0.507. The van der Waals surface area contributed by atoms with Crippen LogP contribution >= 0.6 is 26.5 Å². The minimum atomic E-state index is -2.03. The van der Waals surface area contributed by atoms with Gasteiger partial charge in [0.1, 0.15) is 0 Å². The molecule has 0 N–H and O–H groups in total. The van der Waals surface area contributed by atoms with Crippen LogP contribution in [0.2, 0.25) is 0 Å². The van der Waals surface area contributed by atoms with Crippen molar-refractivity contribution < 1.29 is 0 Å². The molecule has 0 unspecified atom stereocenters. The molecule has 5 heavy (non-hydrogen) atoms. The summed E-state index contributed by atoms with van der Waals surface area (Å²) in [5.41, 5.74) is 0. The molecule has 0 fully saturated rings. The summed E-state index contributed by atoms with van der Waals surface area (Å²) in [6.07, 6.45) is 0. The molecule has 0 nitrogen and oxygen atoms in total. The number of halogens is 3. The Labute approximate surface area is 68.3 Å². The summed E-state index contributed by atoms with van der Waals surface area (Å²) in [6.45, 7) is 0. The van der Waals surface area contributed by atoms with Gasteiger partial charge in [0.15, 0.2) is 0 Å². The van der Waals surface area contributed by atoms with E-state index in [2.05, 4.69) is 0 Å². The van der Waals surface area contributed by atoms with Gasteiger partial charge in [0.25, 0.3) is 0 Å². The molecule has 0 spiro atoms. The molecule has 0 aliphatic carbocycles. The summed E-state index contributed by atoms with van der Waals surface area (Å²) in [4.78, 5) is 0. The Morgan fingerprint density at radius 2 is 1.00 bits per heavy atom. The van der Waals surface area contributed by atoms with E-state index in [1.807, 2.05) is 0 Å². The van der Waals surface area contributed by atoms with Gasteiger partial charge in [-0.15, -0.1) is 0 Å². The van der Waals surface area contributed by atoms with E-state index >= 15 is 0 Å². The molecular weight excluding hydrogens is 437 g/mol. The Balaban J connectivity index is 0. The molecule has 0 aliphatic rings. The van der Waals surface area contributed by atoms with Crippen molar-refractivity contribution in [1.82, 2.24) is 0 Å². The molecule has 0 aromatic rings. The van der Waals surface area contributed by atoms with Crippen molar-refractivity contribution in [3.63, 3.8) is 0 Å². The maximum atomic E-state index is 4.99. The third kappa shape index (κ3) is 20.8. The minimum absolute atomic E-state index is 0. The van der Waals surface area contributed by atoms with E-state index in [0.717, 1.165) is 0 Å². The number of rotatable bonds is 0. The molecule has 0 aromatic carbocycles. The van der Waals surface area contributed by atoms with Crippen LogP contribution in [0.3, 0.4) is 0 Å². The molecule has 5 heteroatoms. The second-order valence-corrected chi connectivity index (χ2v) is 11.6. The molecule has 0 amide bonds. The van der Waals surface area contributed by atoms with Gasteiger partial charge < -0.3 is 0 Å². The van der Waals surface area contributed by atoms with Crippen LogP contribution in [0.15, 0.2) is 0 Å². The van der Waals surface area contributed by atoms with Crippen molar-refractivity contribution in [3.8, 4) is 0 Å². The summed E-state index contributed by atoms with van der Waals surface area (Å²) < 4.78 is 0. The zero-order valence-corrected chi connectivity index (χ0v) is 12.6. The molecule has 0 aromatic heterocycles. The predicted octanol–water partition coefficient (Wildman–Crippen LogP) is 0.504. The van der Waals surface area contributed by atoms with Crippen LogP contribution in [0.4, 0.5) is 0 Å². The molecule has 0 atom stereocenters. The maximum absolute atomic E-state index is 4.99. The van der Waals surface area contributed by atoms with E-state index in [4.69, 9.17) is 26.5 Å². The SMILES string of the molecule is [BiH3].[Cl][Sb]([Cl])[Cl]. The Kier molecular flexibility index (Phi) is 13.8. The van der Waals surface area contributed by atoms with Gasteiger partial charge in [-0.25, -0.2) is 0 Å². The van der Waals surface area contributed by atoms with Gasteiger partial charge in [-0.3, -0.25) is 0 Å². The fraction of sp³-hybridized carbons (Fsp3) is 0. The Bertz CT molecular complexity index is 11.6. The Morgan fingerprint density at radius 1 is 1.00 bits per heavy atom. The van der Waals surface area contributed by atoms with E-state index in [-0.39, 0.29) is 26.2 Å². The fourth-order valence-corrected chi connectivity index (χ4v) is 0. The van der Waals surface area contributed by atoms with E-state index in [0.29, 0.717) is 0 Å². The van der Waals surface area contributed by atoms with Crippen molar-refractivity contribution in [1.29, 1.82) is 0 Å². The Morgan fingerprint density at radius 3 is 1.00 bits per heavy atom. The third-order valence-electron chi connectivity index (χ3n) is 0. The number of hydrogen-bond acceptors (Lipinski definition) is 0. The normalized spacial score (nSPS) is 7.20. The van der Waals surface area contributed by atoms with Crippen LogP contribution in [0.5, 0.6) is 0 Å². The van der Waals surface area contributed by atoms with E-state index < -0.39 is 16.8 Å².